The first-order chi connectivity index (χ1) is 9.49. The van der Waals surface area contributed by atoms with Crippen molar-refractivity contribution in [3.63, 3.8) is 0 Å². The van der Waals surface area contributed by atoms with Crippen molar-refractivity contribution >= 4 is 5.91 Å². The van der Waals surface area contributed by atoms with Crippen molar-refractivity contribution in [2.45, 2.75) is 25.6 Å². The van der Waals surface area contributed by atoms with Crippen molar-refractivity contribution in [2.75, 3.05) is 13.7 Å². The van der Waals surface area contributed by atoms with E-state index in [4.69, 9.17) is 10.00 Å². The molecule has 0 heterocycles. The second kappa shape index (κ2) is 7.48. The van der Waals surface area contributed by atoms with Crippen molar-refractivity contribution < 1.29 is 19.7 Å². The summed E-state index contributed by atoms with van der Waals surface area (Å²) in [7, 11) is 1.48. The van der Waals surface area contributed by atoms with Crippen LogP contribution in [0.3, 0.4) is 0 Å². The zero-order valence-electron chi connectivity index (χ0n) is 11.5. The molecule has 20 heavy (non-hydrogen) atoms. The molecule has 1 amide bonds. The molecule has 0 spiro atoms. The lowest BCUT2D eigenvalue weighted by molar-refractivity contribution is -0.119. The Hall–Kier alpha value is -2.10. The van der Waals surface area contributed by atoms with Crippen LogP contribution in [0.4, 0.5) is 0 Å². The number of aliphatic hydroxyl groups excluding tert-OH is 2. The summed E-state index contributed by atoms with van der Waals surface area (Å²) in [6, 6.07) is 6.61. The fraction of sp³-hybridized carbons (Fsp3) is 0.429. The van der Waals surface area contributed by atoms with Gasteiger partial charge in [0.15, 0.2) is 0 Å². The lowest BCUT2D eigenvalue weighted by Gasteiger charge is -2.19. The number of ether oxygens (including phenoxy) is 1. The third-order valence-corrected chi connectivity index (χ3v) is 2.88. The Morgan fingerprint density at radius 2 is 2.20 bits per heavy atom. The van der Waals surface area contributed by atoms with Gasteiger partial charge >= 0.3 is 0 Å². The molecule has 0 aliphatic heterocycles. The summed E-state index contributed by atoms with van der Waals surface area (Å²) in [6.07, 6.45) is -2.11. The molecule has 0 bridgehead atoms. The fourth-order valence-corrected chi connectivity index (χ4v) is 1.78. The Morgan fingerprint density at radius 3 is 2.75 bits per heavy atom. The van der Waals surface area contributed by atoms with E-state index in [0.29, 0.717) is 11.3 Å². The highest BCUT2D eigenvalue weighted by molar-refractivity contribution is 5.72. The van der Waals surface area contributed by atoms with Gasteiger partial charge in [0.1, 0.15) is 11.9 Å². The molecule has 1 rings (SSSR count). The smallest absolute Gasteiger partial charge is 0.216 e. The second-order valence-electron chi connectivity index (χ2n) is 4.35. The van der Waals surface area contributed by atoms with E-state index in [-0.39, 0.29) is 24.4 Å². The van der Waals surface area contributed by atoms with Gasteiger partial charge in [-0.3, -0.25) is 4.79 Å². The molecule has 0 aliphatic carbocycles. The molecule has 2 unspecified atom stereocenters. The highest BCUT2D eigenvalue weighted by Gasteiger charge is 2.21. The third-order valence-electron chi connectivity index (χ3n) is 2.88. The van der Waals surface area contributed by atoms with Crippen molar-refractivity contribution in [1.29, 1.82) is 5.26 Å². The van der Waals surface area contributed by atoms with Crippen LogP contribution in [0.2, 0.25) is 0 Å². The Balaban J connectivity index is 2.82. The molecule has 0 saturated carbocycles. The van der Waals surface area contributed by atoms with Crippen LogP contribution in [-0.4, -0.2) is 35.9 Å². The van der Waals surface area contributed by atoms with E-state index in [9.17, 15) is 15.0 Å². The van der Waals surface area contributed by atoms with Crippen molar-refractivity contribution in [1.82, 2.24) is 5.32 Å². The van der Waals surface area contributed by atoms with E-state index in [1.54, 1.807) is 6.07 Å². The molecular weight excluding hydrogens is 260 g/mol. The van der Waals surface area contributed by atoms with E-state index in [1.165, 1.54) is 26.2 Å². The third kappa shape index (κ3) is 4.23. The summed E-state index contributed by atoms with van der Waals surface area (Å²) < 4.78 is 5.04. The van der Waals surface area contributed by atoms with Gasteiger partial charge in [0, 0.05) is 19.0 Å². The molecule has 0 aromatic heterocycles. The number of nitrogens with one attached hydrogen (secondary N) is 1. The lowest BCUT2D eigenvalue weighted by atomic mass is 9.97. The Bertz CT molecular complexity index is 510. The minimum absolute atomic E-state index is 0.183. The summed E-state index contributed by atoms with van der Waals surface area (Å²) in [4.78, 5) is 10.7. The van der Waals surface area contributed by atoms with Crippen LogP contribution in [0, 0.1) is 11.3 Å². The quantitative estimate of drug-likeness (QED) is 0.702. The SMILES string of the molecule is COc1ccc(C#N)c(C(O)C(O)CCNC(C)=O)c1. The van der Waals surface area contributed by atoms with Gasteiger partial charge in [-0.25, -0.2) is 0 Å². The van der Waals surface area contributed by atoms with E-state index >= 15 is 0 Å². The summed E-state index contributed by atoms with van der Waals surface area (Å²) in [6.45, 7) is 1.62. The molecule has 108 valence electrons. The Labute approximate surface area is 117 Å². The van der Waals surface area contributed by atoms with Crippen molar-refractivity contribution in [3.8, 4) is 11.8 Å². The molecule has 2 atom stereocenters. The summed E-state index contributed by atoms with van der Waals surface area (Å²) >= 11 is 0. The van der Waals surface area contributed by atoms with E-state index < -0.39 is 12.2 Å². The molecule has 1 aromatic rings. The van der Waals surface area contributed by atoms with Gasteiger partial charge in [-0.15, -0.1) is 0 Å². The summed E-state index contributed by atoms with van der Waals surface area (Å²) in [5.41, 5.74) is 0.582. The van der Waals surface area contributed by atoms with E-state index in [1.807, 2.05) is 6.07 Å². The van der Waals surface area contributed by atoms with Crippen molar-refractivity contribution in [3.05, 3.63) is 29.3 Å². The van der Waals surface area contributed by atoms with Crippen molar-refractivity contribution in [2.24, 2.45) is 0 Å². The highest BCUT2D eigenvalue weighted by Crippen LogP contribution is 2.26. The summed E-state index contributed by atoms with van der Waals surface area (Å²) in [5, 5.41) is 31.6. The number of nitriles is 1. The highest BCUT2D eigenvalue weighted by atomic mass is 16.5. The maximum atomic E-state index is 10.7. The van der Waals surface area contributed by atoms with Crippen LogP contribution in [0.5, 0.6) is 5.75 Å². The number of rotatable bonds is 6. The maximum absolute atomic E-state index is 10.7. The molecule has 0 radical (unpaired) electrons. The van der Waals surface area contributed by atoms with Crippen LogP contribution >= 0.6 is 0 Å². The predicted octanol–water partition coefficient (Wildman–Crippen LogP) is 0.487. The van der Waals surface area contributed by atoms with Gasteiger partial charge in [-0.2, -0.15) is 5.26 Å². The van der Waals surface area contributed by atoms with Gasteiger partial charge in [-0.1, -0.05) is 0 Å². The van der Waals surface area contributed by atoms with E-state index in [0.717, 1.165) is 0 Å². The molecular formula is C14H18N2O4. The number of aliphatic hydroxyl groups is 2. The van der Waals surface area contributed by atoms with Crippen LogP contribution in [0.25, 0.3) is 0 Å². The minimum atomic E-state index is -1.21. The van der Waals surface area contributed by atoms with Gasteiger partial charge in [-0.05, 0) is 24.6 Å². The average Bonchev–Trinajstić information content (AvgIpc) is 2.45. The molecule has 6 nitrogen and oxygen atoms in total. The lowest BCUT2D eigenvalue weighted by Crippen LogP contribution is -2.28. The van der Waals surface area contributed by atoms with Gasteiger partial charge in [0.05, 0.1) is 24.8 Å². The fourth-order valence-electron chi connectivity index (χ4n) is 1.78. The van der Waals surface area contributed by atoms with Gasteiger partial charge < -0.3 is 20.3 Å². The zero-order valence-corrected chi connectivity index (χ0v) is 11.5. The number of benzene rings is 1. The largest absolute Gasteiger partial charge is 0.497 e. The molecule has 6 heteroatoms. The number of amides is 1. The second-order valence-corrected chi connectivity index (χ2v) is 4.35. The minimum Gasteiger partial charge on any atom is -0.497 e. The molecule has 0 saturated heterocycles. The number of carbonyl (C=O) groups is 1. The van der Waals surface area contributed by atoms with Gasteiger partial charge in [0.25, 0.3) is 0 Å². The Kier molecular flexibility index (Phi) is 5.97. The molecule has 1 aromatic carbocycles. The molecule has 0 aliphatic rings. The number of carbonyl (C=O) groups excluding carboxylic acids is 1. The first kappa shape index (κ1) is 16.0. The van der Waals surface area contributed by atoms with Gasteiger partial charge in [0.2, 0.25) is 5.91 Å². The number of hydrogen-bond donors (Lipinski definition) is 3. The number of hydrogen-bond acceptors (Lipinski definition) is 5. The van der Waals surface area contributed by atoms with Crippen LogP contribution in [0.15, 0.2) is 18.2 Å². The summed E-state index contributed by atoms with van der Waals surface area (Å²) in [5.74, 6) is 0.290. The average molecular weight is 278 g/mol. The normalized spacial score (nSPS) is 13.2. The predicted molar refractivity (Wildman–Crippen MR) is 72.0 cm³/mol. The monoisotopic (exact) mass is 278 g/mol. The number of nitrogens with zero attached hydrogens (tertiary/aromatic N) is 1. The van der Waals surface area contributed by atoms with E-state index in [2.05, 4.69) is 5.32 Å². The molecule has 0 fully saturated rings. The van der Waals surface area contributed by atoms with Crippen LogP contribution in [0.1, 0.15) is 30.6 Å². The van der Waals surface area contributed by atoms with Crippen LogP contribution in [-0.2, 0) is 4.79 Å². The number of methoxy groups -OCH3 is 1. The standard InChI is InChI=1S/C14H18N2O4/c1-9(17)16-6-5-13(18)14(19)12-7-11(20-2)4-3-10(12)8-15/h3-4,7,13-14,18-19H,5-6H2,1-2H3,(H,16,17). The first-order valence-electron chi connectivity index (χ1n) is 6.18. The van der Waals surface area contributed by atoms with Crippen LogP contribution < -0.4 is 10.1 Å². The molecule has 3 N–H and O–H groups in total. The zero-order chi connectivity index (χ0) is 15.1. The first-order valence-corrected chi connectivity index (χ1v) is 6.18. The maximum Gasteiger partial charge on any atom is 0.216 e. The topological polar surface area (TPSA) is 103 Å². The Morgan fingerprint density at radius 1 is 1.50 bits per heavy atom.